The molecule has 2 aromatic carbocycles. The van der Waals surface area contributed by atoms with Crippen molar-refractivity contribution < 1.29 is 17.6 Å². The summed E-state index contributed by atoms with van der Waals surface area (Å²) in [5.41, 5.74) is 0.594. The first kappa shape index (κ1) is 19.4. The standard InChI is InChI=1S/C17H19FN2O3S2/c1-3-16(17(21)19-13-5-4-6-14(11-13)24-2)20-25(22,23)15-9-7-12(18)8-10-15/h4-11,16,20H,3H2,1-2H3,(H,19,21). The maximum Gasteiger partial charge on any atom is 0.242 e. The molecule has 1 atom stereocenters. The maximum absolute atomic E-state index is 13.0. The molecule has 8 heteroatoms. The summed E-state index contributed by atoms with van der Waals surface area (Å²) in [6.07, 6.45) is 2.20. The van der Waals surface area contributed by atoms with Gasteiger partial charge in [-0.3, -0.25) is 4.79 Å². The zero-order chi connectivity index (χ0) is 18.4. The van der Waals surface area contributed by atoms with Crippen LogP contribution in [0.2, 0.25) is 0 Å². The fourth-order valence-electron chi connectivity index (χ4n) is 2.12. The first-order valence-electron chi connectivity index (χ1n) is 7.58. The average molecular weight is 382 g/mol. The third-order valence-corrected chi connectivity index (χ3v) is 5.70. The highest BCUT2D eigenvalue weighted by Gasteiger charge is 2.24. The number of carbonyl (C=O) groups excluding carboxylic acids is 1. The first-order chi connectivity index (χ1) is 11.9. The van der Waals surface area contributed by atoms with E-state index in [1.165, 1.54) is 11.8 Å². The van der Waals surface area contributed by atoms with E-state index in [0.29, 0.717) is 5.69 Å². The van der Waals surface area contributed by atoms with Crippen LogP contribution in [0.5, 0.6) is 0 Å². The highest BCUT2D eigenvalue weighted by molar-refractivity contribution is 7.98. The van der Waals surface area contributed by atoms with Gasteiger partial charge in [0.25, 0.3) is 0 Å². The topological polar surface area (TPSA) is 75.3 Å². The molecular weight excluding hydrogens is 363 g/mol. The number of sulfonamides is 1. The van der Waals surface area contributed by atoms with Crippen molar-refractivity contribution >= 4 is 33.4 Å². The van der Waals surface area contributed by atoms with Crippen LogP contribution in [0.1, 0.15) is 13.3 Å². The molecule has 1 unspecified atom stereocenters. The van der Waals surface area contributed by atoms with Crippen molar-refractivity contribution in [2.24, 2.45) is 0 Å². The monoisotopic (exact) mass is 382 g/mol. The first-order valence-corrected chi connectivity index (χ1v) is 10.3. The van der Waals surface area contributed by atoms with Crippen LogP contribution in [-0.4, -0.2) is 26.6 Å². The number of halogens is 1. The van der Waals surface area contributed by atoms with Crippen molar-refractivity contribution in [3.8, 4) is 0 Å². The molecule has 0 radical (unpaired) electrons. The highest BCUT2D eigenvalue weighted by Crippen LogP contribution is 2.19. The van der Waals surface area contributed by atoms with Gasteiger partial charge in [0.1, 0.15) is 11.9 Å². The van der Waals surface area contributed by atoms with Crippen LogP contribution in [0.3, 0.4) is 0 Å². The quantitative estimate of drug-likeness (QED) is 0.721. The van der Waals surface area contributed by atoms with Crippen LogP contribution in [0.15, 0.2) is 58.3 Å². The van der Waals surface area contributed by atoms with Crippen molar-refractivity contribution in [3.05, 3.63) is 54.3 Å². The lowest BCUT2D eigenvalue weighted by molar-refractivity contribution is -0.117. The van der Waals surface area contributed by atoms with E-state index in [-0.39, 0.29) is 11.3 Å². The number of nitrogens with one attached hydrogen (secondary N) is 2. The molecule has 0 saturated heterocycles. The second-order valence-electron chi connectivity index (χ2n) is 5.26. The predicted octanol–water partition coefficient (Wildman–Crippen LogP) is 3.24. The van der Waals surface area contributed by atoms with Crippen molar-refractivity contribution in [2.45, 2.75) is 29.2 Å². The fraction of sp³-hybridized carbons (Fsp3) is 0.235. The van der Waals surface area contributed by atoms with Crippen LogP contribution >= 0.6 is 11.8 Å². The van der Waals surface area contributed by atoms with E-state index in [0.717, 1.165) is 29.2 Å². The van der Waals surface area contributed by atoms with E-state index in [9.17, 15) is 17.6 Å². The molecule has 0 heterocycles. The second kappa shape index (κ2) is 8.46. The zero-order valence-corrected chi connectivity index (χ0v) is 15.5. The Balaban J connectivity index is 2.12. The minimum Gasteiger partial charge on any atom is -0.325 e. The van der Waals surface area contributed by atoms with Crippen LogP contribution in [0.25, 0.3) is 0 Å². The van der Waals surface area contributed by atoms with Gasteiger partial charge in [0, 0.05) is 10.6 Å². The largest absolute Gasteiger partial charge is 0.325 e. The van der Waals surface area contributed by atoms with Gasteiger partial charge < -0.3 is 5.32 Å². The summed E-state index contributed by atoms with van der Waals surface area (Å²) in [6, 6.07) is 10.8. The van der Waals surface area contributed by atoms with Crippen molar-refractivity contribution in [1.29, 1.82) is 0 Å². The minimum absolute atomic E-state index is 0.0930. The van der Waals surface area contributed by atoms with Gasteiger partial charge in [-0.15, -0.1) is 11.8 Å². The molecule has 2 N–H and O–H groups in total. The summed E-state index contributed by atoms with van der Waals surface area (Å²) < 4.78 is 40.0. The predicted molar refractivity (Wildman–Crippen MR) is 97.7 cm³/mol. The lowest BCUT2D eigenvalue weighted by Crippen LogP contribution is -2.43. The highest BCUT2D eigenvalue weighted by atomic mass is 32.2. The Morgan fingerprint density at radius 2 is 1.88 bits per heavy atom. The van der Waals surface area contributed by atoms with Gasteiger partial charge in [0.05, 0.1) is 4.90 Å². The molecule has 0 aliphatic rings. The lowest BCUT2D eigenvalue weighted by Gasteiger charge is -2.17. The molecule has 0 aliphatic carbocycles. The summed E-state index contributed by atoms with van der Waals surface area (Å²) in [5, 5.41) is 2.71. The summed E-state index contributed by atoms with van der Waals surface area (Å²) in [4.78, 5) is 13.3. The molecule has 134 valence electrons. The van der Waals surface area contributed by atoms with E-state index in [1.807, 2.05) is 24.5 Å². The van der Waals surface area contributed by atoms with Crippen LogP contribution in [0.4, 0.5) is 10.1 Å². The Hall–Kier alpha value is -1.90. The third kappa shape index (κ3) is 5.29. The zero-order valence-electron chi connectivity index (χ0n) is 13.8. The molecule has 0 saturated carbocycles. The molecular formula is C17H19FN2O3S2. The summed E-state index contributed by atoms with van der Waals surface area (Å²) in [5.74, 6) is -0.983. The van der Waals surface area contributed by atoms with E-state index >= 15 is 0 Å². The molecule has 2 aromatic rings. The van der Waals surface area contributed by atoms with E-state index in [4.69, 9.17) is 0 Å². The van der Waals surface area contributed by atoms with Crippen molar-refractivity contribution in [3.63, 3.8) is 0 Å². The number of benzene rings is 2. The number of rotatable bonds is 7. The van der Waals surface area contributed by atoms with Crippen LogP contribution in [0, 0.1) is 5.82 Å². The Morgan fingerprint density at radius 3 is 2.48 bits per heavy atom. The Labute approximate surface area is 151 Å². The van der Waals surface area contributed by atoms with Gasteiger partial charge >= 0.3 is 0 Å². The lowest BCUT2D eigenvalue weighted by atomic mass is 10.2. The normalized spacial score (nSPS) is 12.6. The maximum atomic E-state index is 13.0. The Kier molecular flexibility index (Phi) is 6.57. The van der Waals surface area contributed by atoms with Gasteiger partial charge in [0.2, 0.25) is 15.9 Å². The molecule has 2 rings (SSSR count). The van der Waals surface area contributed by atoms with Gasteiger partial charge in [-0.25, -0.2) is 12.8 Å². The minimum atomic E-state index is -3.92. The molecule has 0 fully saturated rings. The number of hydrogen-bond donors (Lipinski definition) is 2. The van der Waals surface area contributed by atoms with Gasteiger partial charge in [0.15, 0.2) is 0 Å². The molecule has 0 spiro atoms. The molecule has 25 heavy (non-hydrogen) atoms. The summed E-state index contributed by atoms with van der Waals surface area (Å²) in [6.45, 7) is 1.70. The Bertz CT molecular complexity index is 839. The van der Waals surface area contributed by atoms with Crippen molar-refractivity contribution in [1.82, 2.24) is 4.72 Å². The average Bonchev–Trinajstić information content (AvgIpc) is 2.60. The number of hydrogen-bond acceptors (Lipinski definition) is 4. The van der Waals surface area contributed by atoms with Crippen molar-refractivity contribution in [2.75, 3.05) is 11.6 Å². The van der Waals surface area contributed by atoms with Crippen LogP contribution < -0.4 is 10.0 Å². The summed E-state index contributed by atoms with van der Waals surface area (Å²) >= 11 is 1.54. The fourth-order valence-corrected chi connectivity index (χ4v) is 3.86. The smallest absolute Gasteiger partial charge is 0.242 e. The number of thioether (sulfide) groups is 1. The van der Waals surface area contributed by atoms with E-state index < -0.39 is 27.8 Å². The Morgan fingerprint density at radius 1 is 1.20 bits per heavy atom. The van der Waals surface area contributed by atoms with Gasteiger partial charge in [-0.1, -0.05) is 13.0 Å². The van der Waals surface area contributed by atoms with E-state index in [1.54, 1.807) is 13.0 Å². The summed E-state index contributed by atoms with van der Waals surface area (Å²) in [7, 11) is -3.92. The van der Waals surface area contributed by atoms with Crippen LogP contribution in [-0.2, 0) is 14.8 Å². The third-order valence-electron chi connectivity index (χ3n) is 3.48. The van der Waals surface area contributed by atoms with Gasteiger partial charge in [-0.2, -0.15) is 4.72 Å². The second-order valence-corrected chi connectivity index (χ2v) is 7.85. The molecule has 1 amide bonds. The molecule has 0 aromatic heterocycles. The number of carbonyl (C=O) groups is 1. The number of amides is 1. The number of anilines is 1. The SMILES string of the molecule is CCC(NS(=O)(=O)c1ccc(F)cc1)C(=O)Nc1cccc(SC)c1. The van der Waals surface area contributed by atoms with Gasteiger partial charge in [-0.05, 0) is 55.1 Å². The molecule has 0 bridgehead atoms. The molecule has 0 aliphatic heterocycles. The molecule has 5 nitrogen and oxygen atoms in total. The van der Waals surface area contributed by atoms with E-state index in [2.05, 4.69) is 10.0 Å².